The minimum Gasteiger partial charge on any atom is -0.385 e. The van der Waals surface area contributed by atoms with Gasteiger partial charge >= 0.3 is 5.69 Å². The normalized spacial score (nSPS) is 18.2. The lowest BCUT2D eigenvalue weighted by Gasteiger charge is -2.34. The monoisotopic (exact) mass is 334 g/mol. The van der Waals surface area contributed by atoms with Gasteiger partial charge in [0.1, 0.15) is 4.21 Å². The maximum Gasteiger partial charge on any atom is 0.304 e. The Labute approximate surface area is 127 Å². The van der Waals surface area contributed by atoms with Gasteiger partial charge in [0, 0.05) is 19.2 Å². The molecule has 0 aliphatic carbocycles. The second-order valence-corrected chi connectivity index (χ2v) is 8.44. The number of hydrogen-bond acceptors (Lipinski definition) is 7. The second-order valence-electron chi connectivity index (χ2n) is 5.13. The molecule has 0 amide bonds. The number of nitrogens with zero attached hydrogens (tertiary/aromatic N) is 3. The van der Waals surface area contributed by atoms with Crippen LogP contribution in [0, 0.1) is 10.1 Å². The van der Waals surface area contributed by atoms with Gasteiger partial charge in [0.15, 0.2) is 5.00 Å². The summed E-state index contributed by atoms with van der Waals surface area (Å²) in [6.07, 6.45) is 1.49. The van der Waals surface area contributed by atoms with Crippen molar-refractivity contribution in [3.05, 3.63) is 16.2 Å². The molecule has 1 saturated heterocycles. The maximum absolute atomic E-state index is 12.5. The lowest BCUT2D eigenvalue weighted by atomic mass is 10.1. The first-order valence-electron chi connectivity index (χ1n) is 6.43. The topological polar surface area (TPSA) is 110 Å². The van der Waals surface area contributed by atoms with Gasteiger partial charge in [-0.1, -0.05) is 11.3 Å². The third-order valence-corrected chi connectivity index (χ3v) is 7.06. The fourth-order valence-corrected chi connectivity index (χ4v) is 5.16. The summed E-state index contributed by atoms with van der Waals surface area (Å²) in [6.45, 7) is 1.66. The van der Waals surface area contributed by atoms with E-state index in [1.807, 2.05) is 7.05 Å². The standard InChI is InChI=1S/C11H18N4O4S2/c1-13-5-3-8(4-6-13)14(2)21(18,19)10-7-9(15(16)17)11(12)20-10/h7-8H,3-6,12H2,1-2H3. The van der Waals surface area contributed by atoms with Crippen LogP contribution < -0.4 is 5.73 Å². The molecule has 1 aromatic heterocycles. The van der Waals surface area contributed by atoms with Gasteiger partial charge in [0.2, 0.25) is 0 Å². The Morgan fingerprint density at radius 2 is 2.05 bits per heavy atom. The summed E-state index contributed by atoms with van der Waals surface area (Å²) in [5, 5.41) is 10.7. The van der Waals surface area contributed by atoms with Crippen LogP contribution in [0.4, 0.5) is 10.7 Å². The molecule has 2 N–H and O–H groups in total. The Kier molecular flexibility index (Phi) is 4.51. The highest BCUT2D eigenvalue weighted by molar-refractivity contribution is 7.91. The maximum atomic E-state index is 12.5. The molecule has 0 atom stereocenters. The zero-order chi connectivity index (χ0) is 15.8. The quantitative estimate of drug-likeness (QED) is 0.648. The first-order chi connectivity index (χ1) is 9.73. The molecule has 0 aromatic carbocycles. The zero-order valence-corrected chi connectivity index (χ0v) is 13.5. The summed E-state index contributed by atoms with van der Waals surface area (Å²) in [4.78, 5) is 12.3. The largest absolute Gasteiger partial charge is 0.385 e. The number of rotatable bonds is 4. The average Bonchev–Trinajstić information content (AvgIpc) is 2.82. The molecule has 1 fully saturated rings. The molecule has 8 nitrogen and oxygen atoms in total. The Morgan fingerprint density at radius 1 is 1.48 bits per heavy atom. The molecule has 1 aromatic rings. The summed E-state index contributed by atoms with van der Waals surface area (Å²) in [6, 6.07) is 0.953. The summed E-state index contributed by atoms with van der Waals surface area (Å²) >= 11 is 0.739. The van der Waals surface area contributed by atoms with Crippen molar-refractivity contribution in [3.63, 3.8) is 0 Å². The van der Waals surface area contributed by atoms with E-state index in [4.69, 9.17) is 5.73 Å². The zero-order valence-electron chi connectivity index (χ0n) is 11.9. The molecule has 10 heteroatoms. The van der Waals surface area contributed by atoms with Crippen molar-refractivity contribution in [1.82, 2.24) is 9.21 Å². The summed E-state index contributed by atoms with van der Waals surface area (Å²) in [5.41, 5.74) is 5.17. The van der Waals surface area contributed by atoms with E-state index in [2.05, 4.69) is 4.90 Å². The Balaban J connectivity index is 2.25. The van der Waals surface area contributed by atoms with Crippen LogP contribution in [0.15, 0.2) is 10.3 Å². The van der Waals surface area contributed by atoms with Gasteiger partial charge in [-0.25, -0.2) is 8.42 Å². The first kappa shape index (κ1) is 16.1. The highest BCUT2D eigenvalue weighted by Crippen LogP contribution is 2.36. The smallest absolute Gasteiger partial charge is 0.304 e. The minimum absolute atomic E-state index is 0.0758. The van der Waals surface area contributed by atoms with E-state index in [1.165, 1.54) is 11.4 Å². The Morgan fingerprint density at radius 3 is 2.52 bits per heavy atom. The highest BCUT2D eigenvalue weighted by Gasteiger charge is 2.33. The fraction of sp³-hybridized carbons (Fsp3) is 0.636. The van der Waals surface area contributed by atoms with E-state index in [0.717, 1.165) is 43.3 Å². The minimum atomic E-state index is -3.74. The Bertz CT molecular complexity index is 635. The number of hydrogen-bond donors (Lipinski definition) is 1. The third-order valence-electron chi connectivity index (χ3n) is 3.75. The van der Waals surface area contributed by atoms with Gasteiger partial charge in [0.05, 0.1) is 4.92 Å². The lowest BCUT2D eigenvalue weighted by Crippen LogP contribution is -2.44. The molecule has 0 spiro atoms. The number of sulfonamides is 1. The van der Waals surface area contributed by atoms with E-state index in [9.17, 15) is 18.5 Å². The van der Waals surface area contributed by atoms with Crippen LogP contribution in [0.1, 0.15) is 12.8 Å². The molecule has 0 radical (unpaired) electrons. The van der Waals surface area contributed by atoms with Crippen LogP contribution in [0.3, 0.4) is 0 Å². The van der Waals surface area contributed by atoms with Gasteiger partial charge in [-0.05, 0) is 33.0 Å². The molecule has 0 bridgehead atoms. The van der Waals surface area contributed by atoms with Crippen molar-refractivity contribution in [1.29, 1.82) is 0 Å². The number of anilines is 1. The van der Waals surface area contributed by atoms with Crippen LogP contribution >= 0.6 is 11.3 Å². The molecular formula is C11H18N4O4S2. The summed E-state index contributed by atoms with van der Waals surface area (Å²) in [7, 11) is -0.227. The van der Waals surface area contributed by atoms with Crippen LogP contribution in [0.2, 0.25) is 0 Å². The molecule has 1 aliphatic heterocycles. The molecule has 1 aliphatic rings. The van der Waals surface area contributed by atoms with E-state index in [1.54, 1.807) is 0 Å². The Hall–Kier alpha value is -1.23. The number of nitrogen functional groups attached to an aromatic ring is 1. The van der Waals surface area contributed by atoms with Gasteiger partial charge in [0.25, 0.3) is 10.0 Å². The molecule has 2 rings (SSSR count). The number of piperidine rings is 1. The van der Waals surface area contributed by atoms with E-state index in [-0.39, 0.29) is 20.9 Å². The molecule has 118 valence electrons. The van der Waals surface area contributed by atoms with Crippen molar-refractivity contribution in [2.75, 3.05) is 32.9 Å². The van der Waals surface area contributed by atoms with Crippen molar-refractivity contribution < 1.29 is 13.3 Å². The van der Waals surface area contributed by atoms with Gasteiger partial charge in [-0.3, -0.25) is 10.1 Å². The van der Waals surface area contributed by atoms with Crippen molar-refractivity contribution >= 4 is 32.0 Å². The average molecular weight is 334 g/mol. The van der Waals surface area contributed by atoms with E-state index < -0.39 is 14.9 Å². The predicted molar refractivity (Wildman–Crippen MR) is 80.9 cm³/mol. The van der Waals surface area contributed by atoms with Crippen LogP contribution in [0.5, 0.6) is 0 Å². The molecule has 21 heavy (non-hydrogen) atoms. The van der Waals surface area contributed by atoms with Crippen molar-refractivity contribution in [2.45, 2.75) is 23.1 Å². The van der Waals surface area contributed by atoms with Gasteiger partial charge < -0.3 is 10.6 Å². The summed E-state index contributed by atoms with van der Waals surface area (Å²) in [5.74, 6) is 0. The van der Waals surface area contributed by atoms with E-state index >= 15 is 0 Å². The number of thiophene rings is 1. The first-order valence-corrected chi connectivity index (χ1v) is 8.69. The van der Waals surface area contributed by atoms with E-state index in [0.29, 0.717) is 0 Å². The number of likely N-dealkylation sites (tertiary alicyclic amines) is 1. The van der Waals surface area contributed by atoms with Gasteiger partial charge in [-0.2, -0.15) is 4.31 Å². The predicted octanol–water partition coefficient (Wildman–Crippen LogP) is 0.953. The molecular weight excluding hydrogens is 316 g/mol. The van der Waals surface area contributed by atoms with Crippen LogP contribution in [0.25, 0.3) is 0 Å². The van der Waals surface area contributed by atoms with Crippen molar-refractivity contribution in [3.8, 4) is 0 Å². The van der Waals surface area contributed by atoms with Crippen molar-refractivity contribution in [2.24, 2.45) is 0 Å². The SMILES string of the molecule is CN1CCC(N(C)S(=O)(=O)c2cc([N+](=O)[O-])c(N)s2)CC1. The molecule has 0 unspecified atom stereocenters. The summed E-state index contributed by atoms with van der Waals surface area (Å²) < 4.78 is 26.3. The highest BCUT2D eigenvalue weighted by atomic mass is 32.2. The molecule has 2 heterocycles. The lowest BCUT2D eigenvalue weighted by molar-refractivity contribution is -0.383. The third kappa shape index (κ3) is 3.18. The number of nitro groups is 1. The van der Waals surface area contributed by atoms with Gasteiger partial charge in [-0.15, -0.1) is 0 Å². The molecule has 0 saturated carbocycles. The fourth-order valence-electron chi connectivity index (χ4n) is 2.34. The van der Waals surface area contributed by atoms with Crippen LogP contribution in [-0.4, -0.2) is 55.8 Å². The van der Waals surface area contributed by atoms with Crippen LogP contribution in [-0.2, 0) is 10.0 Å². The second kappa shape index (κ2) is 5.87. The number of nitrogens with two attached hydrogens (primary N) is 1.